The minimum Gasteiger partial charge on any atom is -0.484 e. The van der Waals surface area contributed by atoms with Gasteiger partial charge in [0.15, 0.2) is 11.5 Å². The first-order valence-electron chi connectivity index (χ1n) is 10.3. The number of halogens is 2. The first kappa shape index (κ1) is 23.1. The van der Waals surface area contributed by atoms with Crippen molar-refractivity contribution in [3.63, 3.8) is 0 Å². The van der Waals surface area contributed by atoms with E-state index in [2.05, 4.69) is 15.7 Å². The molecule has 0 radical (unpaired) electrons. The van der Waals surface area contributed by atoms with E-state index in [1.807, 2.05) is 13.0 Å². The van der Waals surface area contributed by atoms with Gasteiger partial charge in [0.1, 0.15) is 23.9 Å². The van der Waals surface area contributed by atoms with Crippen molar-refractivity contribution in [2.45, 2.75) is 20.1 Å². The fraction of sp³-hybridized carbons (Fsp3) is 0.125. The summed E-state index contributed by atoms with van der Waals surface area (Å²) in [5.74, 6) is -0.836. The van der Waals surface area contributed by atoms with Crippen LogP contribution < -0.4 is 15.4 Å². The van der Waals surface area contributed by atoms with Gasteiger partial charge in [-0.25, -0.2) is 4.39 Å². The number of carbonyl (C=O) groups excluding carboxylic acids is 2. The van der Waals surface area contributed by atoms with E-state index in [1.165, 1.54) is 18.2 Å². The lowest BCUT2D eigenvalue weighted by Crippen LogP contribution is -2.17. The van der Waals surface area contributed by atoms with Gasteiger partial charge >= 0.3 is 0 Å². The van der Waals surface area contributed by atoms with Gasteiger partial charge in [-0.1, -0.05) is 29.8 Å². The largest absolute Gasteiger partial charge is 0.484 e. The Morgan fingerprint density at radius 1 is 1.09 bits per heavy atom. The van der Waals surface area contributed by atoms with Gasteiger partial charge in [0.05, 0.1) is 10.7 Å². The average Bonchev–Trinajstić information content (AvgIpc) is 3.46. The molecule has 8 nitrogen and oxygen atoms in total. The van der Waals surface area contributed by atoms with E-state index in [0.717, 1.165) is 6.07 Å². The average molecular weight is 483 g/mol. The molecule has 0 saturated heterocycles. The summed E-state index contributed by atoms with van der Waals surface area (Å²) in [5.41, 5.74) is 0.917. The molecule has 0 aliphatic heterocycles. The van der Waals surface area contributed by atoms with Gasteiger partial charge in [-0.15, -0.1) is 0 Å². The standard InChI is InChI=1S/C24H20ClFN4O4/c1-2-30-13-19(22(29-30)24(32)27-16-6-4-3-5-7-16)28-23(31)21-11-9-17(34-21)14-33-20-10-8-15(26)12-18(20)25/h3-13H,2,14H2,1H3,(H,27,32)(H,28,31). The lowest BCUT2D eigenvalue weighted by molar-refractivity contribution is 0.0992. The minimum absolute atomic E-state index is 0.0162. The maximum atomic E-state index is 13.2. The zero-order valence-electron chi connectivity index (χ0n) is 18.0. The van der Waals surface area contributed by atoms with Gasteiger partial charge in [0, 0.05) is 18.4 Å². The number of carbonyl (C=O) groups is 2. The van der Waals surface area contributed by atoms with Crippen molar-refractivity contribution in [3.05, 3.63) is 94.9 Å². The van der Waals surface area contributed by atoms with Crippen LogP contribution in [0.2, 0.25) is 5.02 Å². The molecule has 174 valence electrons. The molecule has 4 aromatic rings. The van der Waals surface area contributed by atoms with Crippen molar-refractivity contribution in [1.82, 2.24) is 9.78 Å². The Morgan fingerprint density at radius 2 is 1.88 bits per heavy atom. The summed E-state index contributed by atoms with van der Waals surface area (Å²) < 4.78 is 25.8. The predicted molar refractivity (Wildman–Crippen MR) is 125 cm³/mol. The molecule has 2 heterocycles. The number of nitrogens with zero attached hydrogens (tertiary/aromatic N) is 2. The highest BCUT2D eigenvalue weighted by Gasteiger charge is 2.21. The van der Waals surface area contributed by atoms with Gasteiger partial charge in [0.25, 0.3) is 11.8 Å². The Morgan fingerprint density at radius 3 is 2.62 bits per heavy atom. The fourth-order valence-corrected chi connectivity index (χ4v) is 3.28. The number of benzene rings is 2. The molecule has 0 unspecified atom stereocenters. The second kappa shape index (κ2) is 10.2. The Balaban J connectivity index is 1.44. The number of aromatic nitrogens is 2. The van der Waals surface area contributed by atoms with E-state index >= 15 is 0 Å². The molecule has 0 bridgehead atoms. The van der Waals surface area contributed by atoms with E-state index in [-0.39, 0.29) is 34.5 Å². The summed E-state index contributed by atoms with van der Waals surface area (Å²) in [6.07, 6.45) is 1.57. The third-order valence-corrected chi connectivity index (χ3v) is 5.03. The van der Waals surface area contributed by atoms with E-state index in [0.29, 0.717) is 18.0 Å². The molecular weight excluding hydrogens is 463 g/mol. The number of rotatable bonds is 8. The molecule has 0 aliphatic carbocycles. The van der Waals surface area contributed by atoms with Gasteiger partial charge < -0.3 is 19.8 Å². The topological polar surface area (TPSA) is 98.4 Å². The number of hydrogen-bond acceptors (Lipinski definition) is 5. The summed E-state index contributed by atoms with van der Waals surface area (Å²) in [6, 6.07) is 15.8. The van der Waals surface area contributed by atoms with Crippen LogP contribution in [0.1, 0.15) is 33.7 Å². The van der Waals surface area contributed by atoms with Crippen molar-refractivity contribution >= 4 is 34.8 Å². The molecule has 10 heteroatoms. The highest BCUT2D eigenvalue weighted by Crippen LogP contribution is 2.26. The number of furan rings is 1. The summed E-state index contributed by atoms with van der Waals surface area (Å²) in [6.45, 7) is 2.36. The van der Waals surface area contributed by atoms with E-state index in [4.69, 9.17) is 20.8 Å². The van der Waals surface area contributed by atoms with Crippen molar-refractivity contribution in [3.8, 4) is 5.75 Å². The molecule has 0 atom stereocenters. The minimum atomic E-state index is -0.560. The number of anilines is 2. The monoisotopic (exact) mass is 482 g/mol. The maximum Gasteiger partial charge on any atom is 0.291 e. The van der Waals surface area contributed by atoms with Crippen LogP contribution in [0.25, 0.3) is 0 Å². The number of aryl methyl sites for hydroxylation is 1. The molecule has 2 amide bonds. The van der Waals surface area contributed by atoms with Crippen molar-refractivity contribution < 1.29 is 23.1 Å². The third kappa shape index (κ3) is 5.44. The van der Waals surface area contributed by atoms with Crippen molar-refractivity contribution in [2.75, 3.05) is 10.6 Å². The zero-order valence-corrected chi connectivity index (χ0v) is 18.8. The SMILES string of the molecule is CCn1cc(NC(=O)c2ccc(COc3ccc(F)cc3Cl)o2)c(C(=O)Nc2ccccc2)n1. The van der Waals surface area contributed by atoms with Crippen molar-refractivity contribution in [1.29, 1.82) is 0 Å². The van der Waals surface area contributed by atoms with Crippen molar-refractivity contribution in [2.24, 2.45) is 0 Å². The smallest absolute Gasteiger partial charge is 0.291 e. The van der Waals surface area contributed by atoms with E-state index in [1.54, 1.807) is 41.2 Å². The fourth-order valence-electron chi connectivity index (χ4n) is 3.06. The molecule has 2 aromatic heterocycles. The summed E-state index contributed by atoms with van der Waals surface area (Å²) in [4.78, 5) is 25.5. The number of amides is 2. The molecule has 4 rings (SSSR count). The number of para-hydroxylation sites is 1. The van der Waals surface area contributed by atoms with Gasteiger partial charge in [-0.05, 0) is 49.4 Å². The quantitative estimate of drug-likeness (QED) is 0.351. The molecule has 0 spiro atoms. The van der Waals surface area contributed by atoms with Crippen LogP contribution in [0.15, 0.2) is 71.3 Å². The number of hydrogen-bond donors (Lipinski definition) is 2. The first-order chi connectivity index (χ1) is 16.4. The van der Waals surface area contributed by atoms with Gasteiger partial charge in [-0.3, -0.25) is 14.3 Å². The van der Waals surface area contributed by atoms with Crippen LogP contribution in [0, 0.1) is 5.82 Å². The Labute approximate surface area is 199 Å². The van der Waals surface area contributed by atoms with E-state index < -0.39 is 17.6 Å². The van der Waals surface area contributed by atoms with Gasteiger partial charge in [0.2, 0.25) is 0 Å². The third-order valence-electron chi connectivity index (χ3n) is 4.73. The van der Waals surface area contributed by atoms with E-state index in [9.17, 15) is 14.0 Å². The molecule has 2 aromatic carbocycles. The van der Waals surface area contributed by atoms with Gasteiger partial charge in [-0.2, -0.15) is 5.10 Å². The predicted octanol–water partition coefficient (Wildman–Crippen LogP) is 5.37. The normalized spacial score (nSPS) is 10.7. The summed E-state index contributed by atoms with van der Waals surface area (Å²) >= 11 is 5.95. The lowest BCUT2D eigenvalue weighted by Gasteiger charge is -2.06. The second-order valence-electron chi connectivity index (χ2n) is 7.15. The van der Waals surface area contributed by atoms with Crippen LogP contribution in [-0.4, -0.2) is 21.6 Å². The molecule has 34 heavy (non-hydrogen) atoms. The maximum absolute atomic E-state index is 13.2. The molecule has 0 aliphatic rings. The number of nitrogens with one attached hydrogen (secondary N) is 2. The van der Waals surface area contributed by atoms with Crippen LogP contribution in [0.4, 0.5) is 15.8 Å². The summed E-state index contributed by atoms with van der Waals surface area (Å²) in [5, 5.41) is 9.80. The van der Waals surface area contributed by atoms with Crippen LogP contribution >= 0.6 is 11.6 Å². The Bertz CT molecular complexity index is 1320. The van der Waals surface area contributed by atoms with Crippen LogP contribution in [0.5, 0.6) is 5.75 Å². The highest BCUT2D eigenvalue weighted by atomic mass is 35.5. The molecule has 2 N–H and O–H groups in total. The Kier molecular flexibility index (Phi) is 6.93. The second-order valence-corrected chi connectivity index (χ2v) is 7.56. The molecule has 0 saturated carbocycles. The molecule has 0 fully saturated rings. The highest BCUT2D eigenvalue weighted by molar-refractivity contribution is 6.32. The zero-order chi connectivity index (χ0) is 24.1. The first-order valence-corrected chi connectivity index (χ1v) is 10.7. The van der Waals surface area contributed by atoms with Crippen LogP contribution in [-0.2, 0) is 13.2 Å². The lowest BCUT2D eigenvalue weighted by atomic mass is 10.3. The van der Waals surface area contributed by atoms with Crippen LogP contribution in [0.3, 0.4) is 0 Å². The Hall–Kier alpha value is -4.11. The summed E-state index contributed by atoms with van der Waals surface area (Å²) in [7, 11) is 0. The molecular formula is C24H20ClFN4O4. The number of ether oxygens (including phenoxy) is 1.